The van der Waals surface area contributed by atoms with E-state index in [2.05, 4.69) is 34.1 Å². The summed E-state index contributed by atoms with van der Waals surface area (Å²) in [6, 6.07) is 17.0. The molecule has 6 rings (SSSR count). The minimum absolute atomic E-state index is 0.213. The summed E-state index contributed by atoms with van der Waals surface area (Å²) >= 11 is 7.85. The lowest BCUT2D eigenvalue weighted by Gasteiger charge is -2.32. The summed E-state index contributed by atoms with van der Waals surface area (Å²) in [7, 11) is 2.14. The molecule has 1 atom stereocenters. The number of halogens is 2. The van der Waals surface area contributed by atoms with E-state index in [-0.39, 0.29) is 17.9 Å². The highest BCUT2D eigenvalue weighted by atomic mass is 35.5. The smallest absolute Gasteiger partial charge is 0.310 e. The summed E-state index contributed by atoms with van der Waals surface area (Å²) in [6.07, 6.45) is 3.03. The first-order valence-electron chi connectivity index (χ1n) is 11.6. The summed E-state index contributed by atoms with van der Waals surface area (Å²) in [4.78, 5) is 19.4. The number of anilines is 1. The van der Waals surface area contributed by atoms with Crippen molar-refractivity contribution < 1.29 is 9.18 Å². The molecule has 2 aliphatic heterocycles. The predicted molar refractivity (Wildman–Crippen MR) is 138 cm³/mol. The lowest BCUT2D eigenvalue weighted by Crippen LogP contribution is -2.38. The molecular formula is C27H24ClFN4OS. The zero-order chi connectivity index (χ0) is 24.1. The Morgan fingerprint density at radius 1 is 1.06 bits per heavy atom. The fraction of sp³-hybridized carbons (Fsp3) is 0.222. The van der Waals surface area contributed by atoms with Gasteiger partial charge in [-0.25, -0.2) is 9.18 Å². The quantitative estimate of drug-likeness (QED) is 0.339. The summed E-state index contributed by atoms with van der Waals surface area (Å²) in [5, 5.41) is 4.83. The molecule has 0 fully saturated rings. The van der Waals surface area contributed by atoms with E-state index >= 15 is 0 Å². The average Bonchev–Trinajstić information content (AvgIpc) is 3.43. The number of fused-ring (bicyclic) bond motifs is 5. The van der Waals surface area contributed by atoms with Crippen LogP contribution in [0.2, 0.25) is 5.02 Å². The Kier molecular flexibility index (Phi) is 5.63. The summed E-state index contributed by atoms with van der Waals surface area (Å²) in [6.45, 7) is 2.38. The van der Waals surface area contributed by atoms with E-state index in [4.69, 9.17) is 11.6 Å². The maximum atomic E-state index is 13.8. The number of nitrogens with zero attached hydrogens (tertiary/aromatic N) is 3. The molecule has 0 spiro atoms. The highest BCUT2D eigenvalue weighted by Crippen LogP contribution is 2.43. The van der Waals surface area contributed by atoms with Crippen molar-refractivity contribution in [1.29, 1.82) is 0 Å². The zero-order valence-electron chi connectivity index (χ0n) is 19.2. The van der Waals surface area contributed by atoms with E-state index < -0.39 is 0 Å². The molecule has 2 amide bonds. The number of amides is 2. The molecule has 8 heteroatoms. The molecule has 2 aromatic heterocycles. The van der Waals surface area contributed by atoms with Crippen LogP contribution in [0.1, 0.15) is 33.3 Å². The van der Waals surface area contributed by atoms with Gasteiger partial charge in [0.05, 0.1) is 18.3 Å². The van der Waals surface area contributed by atoms with Crippen molar-refractivity contribution in [2.24, 2.45) is 0 Å². The Labute approximate surface area is 212 Å². The number of urea groups is 1. The number of aromatic nitrogens is 1. The van der Waals surface area contributed by atoms with Crippen LogP contribution in [0.5, 0.6) is 0 Å². The van der Waals surface area contributed by atoms with Crippen molar-refractivity contribution in [1.82, 2.24) is 14.4 Å². The van der Waals surface area contributed by atoms with Crippen LogP contribution >= 0.6 is 22.9 Å². The second-order valence-corrected chi connectivity index (χ2v) is 10.6. The van der Waals surface area contributed by atoms with Crippen molar-refractivity contribution >= 4 is 34.7 Å². The van der Waals surface area contributed by atoms with Crippen LogP contribution in [0.25, 0.3) is 5.00 Å². The van der Waals surface area contributed by atoms with Crippen LogP contribution in [0.3, 0.4) is 0 Å². The summed E-state index contributed by atoms with van der Waals surface area (Å²) < 4.78 is 16.0. The van der Waals surface area contributed by atoms with Gasteiger partial charge in [0.15, 0.2) is 0 Å². The Morgan fingerprint density at radius 3 is 2.60 bits per heavy atom. The summed E-state index contributed by atoms with van der Waals surface area (Å²) in [5.74, 6) is -0.299. The van der Waals surface area contributed by atoms with E-state index in [1.165, 1.54) is 33.1 Å². The maximum absolute atomic E-state index is 13.8. The van der Waals surface area contributed by atoms with E-state index in [0.717, 1.165) is 30.8 Å². The van der Waals surface area contributed by atoms with E-state index in [9.17, 15) is 9.18 Å². The highest BCUT2D eigenvalue weighted by molar-refractivity contribution is 7.15. The summed E-state index contributed by atoms with van der Waals surface area (Å²) in [5.41, 5.74) is 5.07. The number of hydrogen-bond donors (Lipinski definition) is 1. The average molecular weight is 507 g/mol. The largest absolute Gasteiger partial charge is 0.322 e. The molecule has 4 aromatic rings. The van der Waals surface area contributed by atoms with Gasteiger partial charge in [-0.05, 0) is 73.1 Å². The second kappa shape index (κ2) is 8.82. The highest BCUT2D eigenvalue weighted by Gasteiger charge is 2.36. The molecule has 0 unspecified atom stereocenters. The van der Waals surface area contributed by atoms with Gasteiger partial charge in [-0.2, -0.15) is 0 Å². The number of benzene rings is 2. The Bertz CT molecular complexity index is 1400. The second-order valence-electron chi connectivity index (χ2n) is 9.10. The molecule has 4 heterocycles. The Morgan fingerprint density at radius 2 is 1.83 bits per heavy atom. The Hall–Kier alpha value is -3.13. The molecular weight excluding hydrogens is 483 g/mol. The first kappa shape index (κ1) is 22.3. The third-order valence-electron chi connectivity index (χ3n) is 6.80. The van der Waals surface area contributed by atoms with E-state index in [0.29, 0.717) is 17.3 Å². The molecule has 0 saturated carbocycles. The zero-order valence-corrected chi connectivity index (χ0v) is 20.7. The van der Waals surface area contributed by atoms with Gasteiger partial charge in [0, 0.05) is 40.4 Å². The molecule has 0 radical (unpaired) electrons. The van der Waals surface area contributed by atoms with Crippen molar-refractivity contribution in [3.05, 3.63) is 105 Å². The fourth-order valence-corrected chi connectivity index (χ4v) is 6.64. The maximum Gasteiger partial charge on any atom is 0.322 e. The molecule has 35 heavy (non-hydrogen) atoms. The van der Waals surface area contributed by atoms with Gasteiger partial charge in [-0.15, -0.1) is 11.3 Å². The lowest BCUT2D eigenvalue weighted by atomic mass is 10.0. The molecule has 2 aromatic carbocycles. The van der Waals surface area contributed by atoms with Crippen LogP contribution in [0.4, 0.5) is 14.9 Å². The van der Waals surface area contributed by atoms with Crippen LogP contribution in [0, 0.1) is 5.82 Å². The van der Waals surface area contributed by atoms with Gasteiger partial charge in [0.25, 0.3) is 0 Å². The third kappa shape index (κ3) is 4.03. The van der Waals surface area contributed by atoms with Crippen LogP contribution in [-0.2, 0) is 19.5 Å². The first-order valence-corrected chi connectivity index (χ1v) is 12.8. The number of carbonyl (C=O) groups excluding carboxylic acids is 1. The van der Waals surface area contributed by atoms with Gasteiger partial charge in [0.1, 0.15) is 10.8 Å². The third-order valence-corrected chi connectivity index (χ3v) is 8.31. The van der Waals surface area contributed by atoms with Gasteiger partial charge in [-0.3, -0.25) is 0 Å². The van der Waals surface area contributed by atoms with Crippen molar-refractivity contribution in [3.8, 4) is 5.00 Å². The van der Waals surface area contributed by atoms with Crippen LogP contribution in [-0.4, -0.2) is 34.0 Å². The molecule has 1 N–H and O–H groups in total. The van der Waals surface area contributed by atoms with Crippen LogP contribution < -0.4 is 5.32 Å². The minimum atomic E-state index is -0.376. The molecule has 0 aliphatic carbocycles. The SMILES string of the molecule is CN1CCc2c(sc3c2CN(C(=O)Nc2ccc(Cl)cc2)[C@@H](c2ccc(F)cc2)c2cccn2-3)C1. The number of nitrogens with one attached hydrogen (secondary N) is 1. The van der Waals surface area contributed by atoms with Crippen molar-refractivity contribution in [3.63, 3.8) is 0 Å². The monoisotopic (exact) mass is 506 g/mol. The molecule has 0 saturated heterocycles. The topological polar surface area (TPSA) is 40.5 Å². The number of rotatable bonds is 2. The van der Waals surface area contributed by atoms with Gasteiger partial charge >= 0.3 is 6.03 Å². The van der Waals surface area contributed by atoms with E-state index in [1.807, 2.05) is 22.3 Å². The molecule has 5 nitrogen and oxygen atoms in total. The lowest BCUT2D eigenvalue weighted by molar-refractivity contribution is 0.194. The fourth-order valence-electron chi connectivity index (χ4n) is 5.08. The number of hydrogen-bond acceptors (Lipinski definition) is 3. The Balaban J connectivity index is 1.48. The van der Waals surface area contributed by atoms with E-state index in [1.54, 1.807) is 36.4 Å². The number of thiophene rings is 1. The van der Waals surface area contributed by atoms with Gasteiger partial charge < -0.3 is 19.7 Å². The molecule has 0 bridgehead atoms. The van der Waals surface area contributed by atoms with Gasteiger partial charge in [-0.1, -0.05) is 23.7 Å². The van der Waals surface area contributed by atoms with Gasteiger partial charge in [0.2, 0.25) is 0 Å². The first-order chi connectivity index (χ1) is 17.0. The van der Waals surface area contributed by atoms with Crippen molar-refractivity contribution in [2.75, 3.05) is 18.9 Å². The van der Waals surface area contributed by atoms with Crippen LogP contribution in [0.15, 0.2) is 66.9 Å². The predicted octanol–water partition coefficient (Wildman–Crippen LogP) is 6.46. The van der Waals surface area contributed by atoms with Crippen molar-refractivity contribution in [2.45, 2.75) is 25.6 Å². The minimum Gasteiger partial charge on any atom is -0.310 e. The molecule has 2 aliphatic rings. The molecule has 178 valence electrons. The number of carbonyl (C=O) groups is 1. The normalized spacial score (nSPS) is 17.3. The standard InChI is InChI=1S/C27H24ClFN4OS/c1-31-14-12-21-22-15-33(27(34)30-20-10-6-18(28)7-11-20)25(17-4-8-19(29)9-5-17)23-3-2-13-32(23)26(22)35-24(21)16-31/h2-11,13,25H,12,14-16H2,1H3,(H,30,34)/t25-/m0/s1. The number of likely N-dealkylation sites (N-methyl/N-ethyl adjacent to an activating group) is 1.